The zero-order valence-electron chi connectivity index (χ0n) is 14.6. The number of aromatic nitrogens is 4. The van der Waals surface area contributed by atoms with Crippen molar-refractivity contribution in [3.63, 3.8) is 0 Å². The lowest BCUT2D eigenvalue weighted by molar-refractivity contribution is -0.127. The van der Waals surface area contributed by atoms with Crippen LogP contribution >= 0.6 is 0 Å². The highest BCUT2D eigenvalue weighted by Crippen LogP contribution is 2.14. The van der Waals surface area contributed by atoms with Crippen molar-refractivity contribution in [1.82, 2.24) is 30.6 Å². The smallest absolute Gasteiger partial charge is 0.240 e. The van der Waals surface area contributed by atoms with Crippen LogP contribution in [-0.2, 0) is 16.0 Å². The van der Waals surface area contributed by atoms with Gasteiger partial charge in [-0.1, -0.05) is 30.3 Å². The molecule has 0 aliphatic heterocycles. The van der Waals surface area contributed by atoms with E-state index >= 15 is 0 Å². The quantitative estimate of drug-likeness (QED) is 0.382. The number of hydrogen-bond donors (Lipinski definition) is 5. The molecule has 3 rings (SSSR count). The first kappa shape index (κ1) is 18.3. The SMILES string of the molecule is N[C@@H](Cc1ccccc1)C(=O)NCC(=O)NC(c1ncc[nH]1)c1ncc[nH]1. The molecule has 0 unspecified atom stereocenters. The Morgan fingerprint density at radius 2 is 1.67 bits per heavy atom. The molecule has 9 heteroatoms. The number of imidazole rings is 2. The highest BCUT2D eigenvalue weighted by atomic mass is 16.2. The summed E-state index contributed by atoms with van der Waals surface area (Å²) < 4.78 is 0. The minimum atomic E-state index is -0.730. The number of H-pyrrole nitrogens is 2. The van der Waals surface area contributed by atoms with Crippen LogP contribution in [0.4, 0.5) is 0 Å². The Morgan fingerprint density at radius 1 is 1.04 bits per heavy atom. The molecule has 2 aromatic heterocycles. The second-order valence-electron chi connectivity index (χ2n) is 5.96. The number of nitrogens with zero attached hydrogens (tertiary/aromatic N) is 2. The second-order valence-corrected chi connectivity index (χ2v) is 5.96. The molecule has 0 bridgehead atoms. The zero-order chi connectivity index (χ0) is 19.1. The maximum Gasteiger partial charge on any atom is 0.240 e. The van der Waals surface area contributed by atoms with Crippen LogP contribution in [0.15, 0.2) is 55.1 Å². The first-order chi connectivity index (χ1) is 13.1. The molecule has 0 saturated carbocycles. The molecule has 140 valence electrons. The summed E-state index contributed by atoms with van der Waals surface area (Å²) in [6, 6.07) is 8.17. The molecule has 0 fully saturated rings. The maximum atomic E-state index is 12.3. The van der Waals surface area contributed by atoms with E-state index in [-0.39, 0.29) is 18.4 Å². The van der Waals surface area contributed by atoms with Crippen LogP contribution in [0.2, 0.25) is 0 Å². The molecule has 1 aromatic carbocycles. The minimum Gasteiger partial charge on any atom is -0.346 e. The van der Waals surface area contributed by atoms with Crippen molar-refractivity contribution in [3.8, 4) is 0 Å². The summed E-state index contributed by atoms with van der Waals surface area (Å²) in [5, 5.41) is 5.35. The van der Waals surface area contributed by atoms with Gasteiger partial charge in [-0.25, -0.2) is 9.97 Å². The Hall–Kier alpha value is -3.46. The average molecular weight is 367 g/mol. The van der Waals surface area contributed by atoms with Crippen LogP contribution in [0.3, 0.4) is 0 Å². The summed E-state index contributed by atoms with van der Waals surface area (Å²) in [6.45, 7) is -0.195. The Bertz CT molecular complexity index is 813. The van der Waals surface area contributed by atoms with Gasteiger partial charge in [0.25, 0.3) is 0 Å². The predicted molar refractivity (Wildman–Crippen MR) is 98.3 cm³/mol. The van der Waals surface area contributed by atoms with E-state index in [0.29, 0.717) is 18.1 Å². The summed E-state index contributed by atoms with van der Waals surface area (Å²) >= 11 is 0. The van der Waals surface area contributed by atoms with E-state index in [4.69, 9.17) is 5.73 Å². The lowest BCUT2D eigenvalue weighted by Crippen LogP contribution is -2.46. The van der Waals surface area contributed by atoms with Crippen molar-refractivity contribution in [1.29, 1.82) is 0 Å². The third-order valence-corrected chi connectivity index (χ3v) is 3.95. The van der Waals surface area contributed by atoms with Gasteiger partial charge >= 0.3 is 0 Å². The predicted octanol–water partition coefficient (Wildman–Crippen LogP) is 0.0246. The number of nitrogens with one attached hydrogen (secondary N) is 4. The van der Waals surface area contributed by atoms with E-state index < -0.39 is 12.1 Å². The van der Waals surface area contributed by atoms with Gasteiger partial charge in [-0.15, -0.1) is 0 Å². The van der Waals surface area contributed by atoms with Gasteiger partial charge in [0.05, 0.1) is 12.6 Å². The number of hydrogen-bond acceptors (Lipinski definition) is 5. The minimum absolute atomic E-state index is 0.195. The summed E-state index contributed by atoms with van der Waals surface area (Å²) in [5.74, 6) is 0.297. The first-order valence-corrected chi connectivity index (χ1v) is 8.48. The Morgan fingerprint density at radius 3 is 2.22 bits per heavy atom. The largest absolute Gasteiger partial charge is 0.346 e. The third-order valence-electron chi connectivity index (χ3n) is 3.95. The number of carbonyl (C=O) groups excluding carboxylic acids is 2. The topological polar surface area (TPSA) is 142 Å². The van der Waals surface area contributed by atoms with Crippen LogP contribution in [-0.4, -0.2) is 44.3 Å². The summed E-state index contributed by atoms with van der Waals surface area (Å²) in [7, 11) is 0. The fraction of sp³-hybridized carbons (Fsp3) is 0.222. The van der Waals surface area contributed by atoms with Crippen molar-refractivity contribution < 1.29 is 9.59 Å². The molecule has 2 heterocycles. The van der Waals surface area contributed by atoms with Gasteiger partial charge in [0.15, 0.2) is 0 Å². The lowest BCUT2D eigenvalue weighted by atomic mass is 10.1. The van der Waals surface area contributed by atoms with Gasteiger partial charge in [-0.2, -0.15) is 0 Å². The number of carbonyl (C=O) groups is 2. The number of amides is 2. The Balaban J connectivity index is 1.53. The third kappa shape index (κ3) is 5.02. The van der Waals surface area contributed by atoms with Gasteiger partial charge in [-0.3, -0.25) is 9.59 Å². The Labute approximate surface area is 155 Å². The van der Waals surface area contributed by atoms with E-state index in [0.717, 1.165) is 5.56 Å². The first-order valence-electron chi connectivity index (χ1n) is 8.48. The molecule has 3 aromatic rings. The normalized spacial score (nSPS) is 11.9. The standard InChI is InChI=1S/C18H21N7O2/c19-13(10-12-4-2-1-3-5-12)18(27)24-11-14(26)25-15(16-20-6-7-21-16)17-22-8-9-23-17/h1-9,13,15H,10-11,19H2,(H,20,21)(H,22,23)(H,24,27)(H,25,26)/t13-/m0/s1. The molecule has 0 aliphatic carbocycles. The van der Waals surface area contributed by atoms with E-state index in [1.807, 2.05) is 30.3 Å². The fourth-order valence-electron chi connectivity index (χ4n) is 2.61. The molecule has 0 aliphatic rings. The molecular weight excluding hydrogens is 346 g/mol. The Kier molecular flexibility index (Phi) is 5.95. The van der Waals surface area contributed by atoms with Crippen LogP contribution in [0.1, 0.15) is 23.3 Å². The molecule has 2 amide bonds. The van der Waals surface area contributed by atoms with Crippen molar-refractivity contribution in [2.24, 2.45) is 5.73 Å². The van der Waals surface area contributed by atoms with Crippen LogP contribution in [0.5, 0.6) is 0 Å². The molecule has 0 spiro atoms. The second kappa shape index (κ2) is 8.77. The van der Waals surface area contributed by atoms with Gasteiger partial charge in [0.2, 0.25) is 11.8 Å². The molecule has 9 nitrogen and oxygen atoms in total. The van der Waals surface area contributed by atoms with Crippen molar-refractivity contribution in [3.05, 3.63) is 72.3 Å². The van der Waals surface area contributed by atoms with Gasteiger partial charge in [0, 0.05) is 24.8 Å². The van der Waals surface area contributed by atoms with Crippen LogP contribution in [0, 0.1) is 0 Å². The number of aromatic amines is 2. The van der Waals surface area contributed by atoms with E-state index in [2.05, 4.69) is 30.6 Å². The average Bonchev–Trinajstić information content (AvgIpc) is 3.39. The fourth-order valence-corrected chi connectivity index (χ4v) is 2.61. The highest BCUT2D eigenvalue weighted by molar-refractivity contribution is 5.87. The van der Waals surface area contributed by atoms with Crippen molar-refractivity contribution >= 4 is 11.8 Å². The van der Waals surface area contributed by atoms with Gasteiger partial charge in [0.1, 0.15) is 17.7 Å². The van der Waals surface area contributed by atoms with E-state index in [1.165, 1.54) is 0 Å². The monoisotopic (exact) mass is 367 g/mol. The number of benzene rings is 1. The molecule has 6 N–H and O–H groups in total. The van der Waals surface area contributed by atoms with E-state index in [9.17, 15) is 9.59 Å². The van der Waals surface area contributed by atoms with Crippen molar-refractivity contribution in [2.75, 3.05) is 6.54 Å². The summed E-state index contributed by atoms with van der Waals surface area (Å²) in [6.07, 6.45) is 6.88. The zero-order valence-corrected chi connectivity index (χ0v) is 14.6. The molecule has 0 radical (unpaired) electrons. The molecule has 0 saturated heterocycles. The van der Waals surface area contributed by atoms with Crippen LogP contribution in [0.25, 0.3) is 0 Å². The van der Waals surface area contributed by atoms with E-state index in [1.54, 1.807) is 24.8 Å². The highest BCUT2D eigenvalue weighted by Gasteiger charge is 2.22. The molecular formula is C18H21N7O2. The summed E-state index contributed by atoms with van der Waals surface area (Å²) in [4.78, 5) is 38.6. The lowest BCUT2D eigenvalue weighted by Gasteiger charge is -2.16. The maximum absolute atomic E-state index is 12.3. The van der Waals surface area contributed by atoms with Crippen LogP contribution < -0.4 is 16.4 Å². The van der Waals surface area contributed by atoms with Crippen molar-refractivity contribution in [2.45, 2.75) is 18.5 Å². The van der Waals surface area contributed by atoms with Gasteiger partial charge in [-0.05, 0) is 12.0 Å². The summed E-state index contributed by atoms with van der Waals surface area (Å²) in [5.41, 5.74) is 6.88. The number of rotatable bonds is 8. The molecule has 27 heavy (non-hydrogen) atoms. The number of nitrogens with two attached hydrogens (primary N) is 1. The molecule has 1 atom stereocenters. The van der Waals surface area contributed by atoms with Gasteiger partial charge < -0.3 is 26.3 Å².